The summed E-state index contributed by atoms with van der Waals surface area (Å²) >= 11 is 3.41. The minimum Gasteiger partial charge on any atom is -0.396 e. The number of hydrogen-bond acceptors (Lipinski definition) is 2. The van der Waals surface area contributed by atoms with Crippen LogP contribution in [0.4, 0.5) is 0 Å². The van der Waals surface area contributed by atoms with Crippen LogP contribution in [0.15, 0.2) is 40.9 Å². The van der Waals surface area contributed by atoms with Crippen molar-refractivity contribution in [2.24, 2.45) is 5.92 Å². The van der Waals surface area contributed by atoms with Crippen LogP contribution in [0.1, 0.15) is 16.9 Å². The van der Waals surface area contributed by atoms with E-state index in [9.17, 15) is 4.79 Å². The molecule has 0 saturated heterocycles. The molecule has 2 atom stereocenters. The van der Waals surface area contributed by atoms with Gasteiger partial charge in [0.15, 0.2) is 0 Å². The van der Waals surface area contributed by atoms with Crippen LogP contribution in [0.2, 0.25) is 0 Å². The zero-order valence-electron chi connectivity index (χ0n) is 10.8. The molecular weight excluding hydrogens is 320 g/mol. The highest BCUT2D eigenvalue weighted by molar-refractivity contribution is 9.10. The first-order valence-electron chi connectivity index (χ1n) is 6.54. The lowest BCUT2D eigenvalue weighted by Crippen LogP contribution is -2.33. The number of aromatic amines is 1. The van der Waals surface area contributed by atoms with E-state index in [2.05, 4.69) is 26.2 Å². The number of aromatic nitrogens is 1. The maximum atomic E-state index is 12.2. The molecule has 3 rings (SSSR count). The van der Waals surface area contributed by atoms with E-state index in [0.717, 1.165) is 21.8 Å². The number of H-pyrrole nitrogens is 1. The second kappa shape index (κ2) is 5.42. The summed E-state index contributed by atoms with van der Waals surface area (Å²) < 4.78 is 0.975. The van der Waals surface area contributed by atoms with E-state index in [1.54, 1.807) is 0 Å². The number of halogens is 1. The van der Waals surface area contributed by atoms with Gasteiger partial charge >= 0.3 is 0 Å². The first-order chi connectivity index (χ1) is 9.65. The molecule has 5 heteroatoms. The van der Waals surface area contributed by atoms with E-state index in [0.29, 0.717) is 5.69 Å². The van der Waals surface area contributed by atoms with Crippen molar-refractivity contribution in [3.05, 3.63) is 46.6 Å². The van der Waals surface area contributed by atoms with Gasteiger partial charge in [-0.3, -0.25) is 4.79 Å². The van der Waals surface area contributed by atoms with Gasteiger partial charge in [-0.15, -0.1) is 0 Å². The van der Waals surface area contributed by atoms with Gasteiger partial charge in [0.05, 0.1) is 0 Å². The van der Waals surface area contributed by atoms with Crippen LogP contribution in [0, 0.1) is 5.92 Å². The summed E-state index contributed by atoms with van der Waals surface area (Å²) in [5.41, 5.74) is 1.48. The van der Waals surface area contributed by atoms with Crippen LogP contribution in [-0.2, 0) is 0 Å². The smallest absolute Gasteiger partial charge is 0.268 e. The third kappa shape index (κ3) is 2.64. The van der Waals surface area contributed by atoms with Crippen molar-refractivity contribution in [1.82, 2.24) is 10.3 Å². The number of aliphatic hydroxyl groups is 1. The standard InChI is InChI=1S/C15H15BrN2O2/c16-11-3-2-10-6-14(18-13(10)7-11)15(20)17-12-4-1-9(5-12)8-19/h1-4,6-7,9,12,18-19H,5,8H2,(H,17,20)/t9-,12+/m0/s1. The summed E-state index contributed by atoms with van der Waals surface area (Å²) in [6.45, 7) is 0.128. The third-order valence-corrected chi connectivity index (χ3v) is 4.05. The number of fused-ring (bicyclic) bond motifs is 1. The van der Waals surface area contributed by atoms with E-state index in [1.807, 2.05) is 36.4 Å². The molecule has 0 unspecified atom stereocenters. The van der Waals surface area contributed by atoms with E-state index < -0.39 is 0 Å². The molecule has 1 aromatic carbocycles. The van der Waals surface area contributed by atoms with Crippen molar-refractivity contribution in [2.75, 3.05) is 6.61 Å². The van der Waals surface area contributed by atoms with Crippen molar-refractivity contribution in [3.8, 4) is 0 Å². The molecule has 0 radical (unpaired) electrons. The lowest BCUT2D eigenvalue weighted by atomic mass is 10.1. The molecule has 2 aromatic rings. The topological polar surface area (TPSA) is 65.1 Å². The molecule has 1 heterocycles. The highest BCUT2D eigenvalue weighted by atomic mass is 79.9. The van der Waals surface area contributed by atoms with Gasteiger partial charge < -0.3 is 15.4 Å². The largest absolute Gasteiger partial charge is 0.396 e. The number of nitrogens with one attached hydrogen (secondary N) is 2. The summed E-state index contributed by atoms with van der Waals surface area (Å²) in [6.07, 6.45) is 4.65. The normalized spacial score (nSPS) is 21.5. The second-order valence-corrected chi connectivity index (χ2v) is 5.97. The Morgan fingerprint density at radius 1 is 1.40 bits per heavy atom. The van der Waals surface area contributed by atoms with Gasteiger partial charge in [0.2, 0.25) is 0 Å². The molecule has 0 bridgehead atoms. The molecule has 1 amide bonds. The minimum atomic E-state index is -0.120. The van der Waals surface area contributed by atoms with Gasteiger partial charge in [-0.25, -0.2) is 0 Å². The number of benzene rings is 1. The number of hydrogen-bond donors (Lipinski definition) is 3. The van der Waals surface area contributed by atoms with Crippen LogP contribution in [0.3, 0.4) is 0 Å². The highest BCUT2D eigenvalue weighted by Gasteiger charge is 2.20. The minimum absolute atomic E-state index is 0.00204. The maximum Gasteiger partial charge on any atom is 0.268 e. The molecule has 3 N–H and O–H groups in total. The van der Waals surface area contributed by atoms with Crippen LogP contribution in [0.25, 0.3) is 10.9 Å². The molecule has 20 heavy (non-hydrogen) atoms. The van der Waals surface area contributed by atoms with Crippen LogP contribution < -0.4 is 5.32 Å². The molecule has 0 spiro atoms. The Balaban J connectivity index is 1.74. The summed E-state index contributed by atoms with van der Waals surface area (Å²) in [7, 11) is 0. The summed E-state index contributed by atoms with van der Waals surface area (Å²) in [5.74, 6) is 0.0320. The van der Waals surface area contributed by atoms with Gasteiger partial charge in [0.25, 0.3) is 5.91 Å². The quantitative estimate of drug-likeness (QED) is 0.755. The Hall–Kier alpha value is -1.59. The van der Waals surface area contributed by atoms with Crippen LogP contribution in [0.5, 0.6) is 0 Å². The van der Waals surface area contributed by atoms with Crippen molar-refractivity contribution in [3.63, 3.8) is 0 Å². The third-order valence-electron chi connectivity index (χ3n) is 3.55. The lowest BCUT2D eigenvalue weighted by Gasteiger charge is -2.11. The Bertz CT molecular complexity index is 678. The Kier molecular flexibility index (Phi) is 3.63. The maximum absolute atomic E-state index is 12.2. The SMILES string of the molecule is O=C(N[C@@H]1C=C[C@H](CO)C1)c1cc2ccc(Br)cc2[nH]1. The van der Waals surface area contributed by atoms with Crippen LogP contribution in [-0.4, -0.2) is 28.6 Å². The zero-order valence-corrected chi connectivity index (χ0v) is 12.4. The molecule has 104 valence electrons. The second-order valence-electron chi connectivity index (χ2n) is 5.06. The fourth-order valence-corrected chi connectivity index (χ4v) is 2.85. The van der Waals surface area contributed by atoms with Crippen molar-refractivity contribution in [1.29, 1.82) is 0 Å². The van der Waals surface area contributed by atoms with Gasteiger partial charge in [-0.05, 0) is 24.6 Å². The van der Waals surface area contributed by atoms with Crippen molar-refractivity contribution < 1.29 is 9.90 Å². The molecule has 0 fully saturated rings. The van der Waals surface area contributed by atoms with Gasteiger partial charge in [0, 0.05) is 33.9 Å². The molecule has 0 saturated carbocycles. The fourth-order valence-electron chi connectivity index (χ4n) is 2.48. The first-order valence-corrected chi connectivity index (χ1v) is 7.33. The number of aliphatic hydroxyl groups excluding tert-OH is 1. The lowest BCUT2D eigenvalue weighted by molar-refractivity contribution is 0.0937. The summed E-state index contributed by atoms with van der Waals surface area (Å²) in [5, 5.41) is 13.0. The van der Waals surface area contributed by atoms with Gasteiger partial charge in [-0.2, -0.15) is 0 Å². The number of rotatable bonds is 3. The van der Waals surface area contributed by atoms with E-state index in [1.165, 1.54) is 0 Å². The monoisotopic (exact) mass is 334 g/mol. The number of carbonyl (C=O) groups excluding carboxylic acids is 1. The first kappa shape index (κ1) is 13.4. The van der Waals surface area contributed by atoms with Crippen molar-refractivity contribution >= 4 is 32.7 Å². The highest BCUT2D eigenvalue weighted by Crippen LogP contribution is 2.21. The number of amides is 1. The summed E-state index contributed by atoms with van der Waals surface area (Å²) in [4.78, 5) is 15.3. The molecule has 1 aliphatic carbocycles. The number of carbonyl (C=O) groups is 1. The summed E-state index contributed by atoms with van der Waals surface area (Å²) in [6, 6.07) is 7.70. The average Bonchev–Trinajstić information content (AvgIpc) is 3.04. The van der Waals surface area contributed by atoms with Crippen LogP contribution >= 0.6 is 15.9 Å². The van der Waals surface area contributed by atoms with E-state index in [4.69, 9.17) is 5.11 Å². The molecule has 4 nitrogen and oxygen atoms in total. The predicted octanol–water partition coefficient (Wildman–Crippen LogP) is 2.60. The van der Waals surface area contributed by atoms with Gasteiger partial charge in [-0.1, -0.05) is 34.1 Å². The average molecular weight is 335 g/mol. The Labute approximate surface area is 125 Å². The molecule has 1 aliphatic rings. The molecular formula is C15H15BrN2O2. The van der Waals surface area contributed by atoms with Gasteiger partial charge in [0.1, 0.15) is 5.69 Å². The zero-order chi connectivity index (χ0) is 14.1. The molecule has 0 aliphatic heterocycles. The molecule has 1 aromatic heterocycles. The van der Waals surface area contributed by atoms with Crippen molar-refractivity contribution in [2.45, 2.75) is 12.5 Å². The predicted molar refractivity (Wildman–Crippen MR) is 81.6 cm³/mol. The Morgan fingerprint density at radius 3 is 3.00 bits per heavy atom. The Morgan fingerprint density at radius 2 is 2.25 bits per heavy atom. The van der Waals surface area contributed by atoms with E-state index in [-0.39, 0.29) is 24.5 Å². The fraction of sp³-hybridized carbons (Fsp3) is 0.267. The van der Waals surface area contributed by atoms with E-state index >= 15 is 0 Å².